The number of hydrogen-bond acceptors (Lipinski definition) is 2. The van der Waals surface area contributed by atoms with E-state index in [0.29, 0.717) is 11.8 Å². The summed E-state index contributed by atoms with van der Waals surface area (Å²) in [7, 11) is 0. The molecule has 1 rings (SSSR count). The summed E-state index contributed by atoms with van der Waals surface area (Å²) >= 11 is 0. The van der Waals surface area contributed by atoms with Crippen LogP contribution in [0.3, 0.4) is 0 Å². The number of benzene rings is 1. The lowest BCUT2D eigenvalue weighted by atomic mass is 9.95. The van der Waals surface area contributed by atoms with Crippen LogP contribution in [-0.4, -0.2) is 13.1 Å². The second-order valence-electron chi connectivity index (χ2n) is 5.30. The smallest absolute Gasteiger partial charge is 0.0372 e. The molecule has 0 aromatic heterocycles. The zero-order chi connectivity index (χ0) is 13.0. The molecule has 1 aromatic rings. The fraction of sp³-hybridized carbons (Fsp3) is 0.600. The van der Waals surface area contributed by atoms with Gasteiger partial charge in [0.15, 0.2) is 0 Å². The summed E-state index contributed by atoms with van der Waals surface area (Å²) in [5.41, 5.74) is 11.1. The van der Waals surface area contributed by atoms with Crippen LogP contribution in [0.1, 0.15) is 30.5 Å². The summed E-state index contributed by atoms with van der Waals surface area (Å²) in [6, 6.07) is 4.35. The number of anilines is 1. The van der Waals surface area contributed by atoms with Crippen LogP contribution in [0.5, 0.6) is 0 Å². The second-order valence-corrected chi connectivity index (χ2v) is 5.30. The predicted molar refractivity (Wildman–Crippen MR) is 76.5 cm³/mol. The molecule has 1 unspecified atom stereocenters. The SMILES string of the molecule is Cc1ccc(NCC(CN)C(C)C)c(C)c1C. The maximum absolute atomic E-state index is 5.79. The lowest BCUT2D eigenvalue weighted by Gasteiger charge is -2.21. The van der Waals surface area contributed by atoms with E-state index in [0.717, 1.165) is 13.1 Å². The average Bonchev–Trinajstić information content (AvgIpc) is 2.29. The molecule has 17 heavy (non-hydrogen) atoms. The van der Waals surface area contributed by atoms with Gasteiger partial charge < -0.3 is 11.1 Å². The molecule has 1 aromatic carbocycles. The highest BCUT2D eigenvalue weighted by molar-refractivity contribution is 5.56. The van der Waals surface area contributed by atoms with Crippen molar-refractivity contribution in [3.05, 3.63) is 28.8 Å². The third kappa shape index (κ3) is 3.47. The predicted octanol–water partition coefficient (Wildman–Crippen LogP) is 3.25. The molecule has 1 atom stereocenters. The molecule has 2 heteroatoms. The van der Waals surface area contributed by atoms with Crippen LogP contribution in [-0.2, 0) is 0 Å². The Morgan fingerprint density at radius 2 is 1.76 bits per heavy atom. The first kappa shape index (κ1) is 14.0. The van der Waals surface area contributed by atoms with E-state index in [1.807, 2.05) is 0 Å². The van der Waals surface area contributed by atoms with Gasteiger partial charge in [-0.05, 0) is 61.9 Å². The van der Waals surface area contributed by atoms with E-state index in [9.17, 15) is 0 Å². The van der Waals surface area contributed by atoms with Crippen LogP contribution in [0.2, 0.25) is 0 Å². The number of aryl methyl sites for hydroxylation is 1. The van der Waals surface area contributed by atoms with E-state index in [4.69, 9.17) is 5.73 Å². The number of nitrogens with two attached hydrogens (primary N) is 1. The lowest BCUT2D eigenvalue weighted by Crippen LogP contribution is -2.27. The van der Waals surface area contributed by atoms with E-state index >= 15 is 0 Å². The number of rotatable bonds is 5. The van der Waals surface area contributed by atoms with E-state index in [2.05, 4.69) is 52.1 Å². The van der Waals surface area contributed by atoms with Gasteiger partial charge in [-0.3, -0.25) is 0 Å². The summed E-state index contributed by atoms with van der Waals surface area (Å²) < 4.78 is 0. The van der Waals surface area contributed by atoms with Crippen molar-refractivity contribution in [3.8, 4) is 0 Å². The van der Waals surface area contributed by atoms with Crippen LogP contribution in [0, 0.1) is 32.6 Å². The van der Waals surface area contributed by atoms with Gasteiger partial charge >= 0.3 is 0 Å². The molecule has 96 valence electrons. The van der Waals surface area contributed by atoms with Crippen LogP contribution in [0.25, 0.3) is 0 Å². The monoisotopic (exact) mass is 234 g/mol. The normalized spacial score (nSPS) is 12.9. The third-order valence-corrected chi connectivity index (χ3v) is 3.86. The largest absolute Gasteiger partial charge is 0.384 e. The average molecular weight is 234 g/mol. The zero-order valence-corrected chi connectivity index (χ0v) is 11.8. The molecule has 3 N–H and O–H groups in total. The lowest BCUT2D eigenvalue weighted by molar-refractivity contribution is 0.413. The Bertz CT molecular complexity index is 369. The van der Waals surface area contributed by atoms with Crippen molar-refractivity contribution >= 4 is 5.69 Å². The standard InChI is InChI=1S/C15H26N2/c1-10(2)14(8-16)9-17-15-7-6-11(3)12(4)13(15)5/h6-7,10,14,17H,8-9,16H2,1-5H3. The molecule has 0 radical (unpaired) electrons. The van der Waals surface area contributed by atoms with E-state index < -0.39 is 0 Å². The fourth-order valence-corrected chi connectivity index (χ4v) is 1.98. The first-order valence-electron chi connectivity index (χ1n) is 6.48. The van der Waals surface area contributed by atoms with Crippen LogP contribution in [0.15, 0.2) is 12.1 Å². The third-order valence-electron chi connectivity index (χ3n) is 3.86. The Kier molecular flexibility index (Phi) is 5.01. The van der Waals surface area contributed by atoms with Gasteiger partial charge in [0.05, 0.1) is 0 Å². The van der Waals surface area contributed by atoms with Crippen molar-refractivity contribution in [2.75, 3.05) is 18.4 Å². The van der Waals surface area contributed by atoms with E-state index in [1.54, 1.807) is 0 Å². The van der Waals surface area contributed by atoms with Gasteiger partial charge in [0.25, 0.3) is 0 Å². The van der Waals surface area contributed by atoms with Crippen molar-refractivity contribution in [2.24, 2.45) is 17.6 Å². The van der Waals surface area contributed by atoms with Gasteiger partial charge in [0, 0.05) is 12.2 Å². The van der Waals surface area contributed by atoms with E-state index in [1.165, 1.54) is 22.4 Å². The highest BCUT2D eigenvalue weighted by atomic mass is 14.9. The first-order chi connectivity index (χ1) is 7.97. The Morgan fingerprint density at radius 3 is 2.29 bits per heavy atom. The van der Waals surface area contributed by atoms with Gasteiger partial charge in [-0.1, -0.05) is 19.9 Å². The molecule has 2 nitrogen and oxygen atoms in total. The fourth-order valence-electron chi connectivity index (χ4n) is 1.98. The van der Waals surface area contributed by atoms with Gasteiger partial charge in [0.2, 0.25) is 0 Å². The maximum atomic E-state index is 5.79. The van der Waals surface area contributed by atoms with Crippen molar-refractivity contribution in [1.29, 1.82) is 0 Å². The molecule has 0 aliphatic rings. The van der Waals surface area contributed by atoms with Gasteiger partial charge in [-0.2, -0.15) is 0 Å². The molecular formula is C15H26N2. The molecule has 0 fully saturated rings. The van der Waals surface area contributed by atoms with Crippen molar-refractivity contribution in [3.63, 3.8) is 0 Å². The van der Waals surface area contributed by atoms with E-state index in [-0.39, 0.29) is 0 Å². The first-order valence-corrected chi connectivity index (χ1v) is 6.48. The number of nitrogens with one attached hydrogen (secondary N) is 1. The van der Waals surface area contributed by atoms with Crippen LogP contribution < -0.4 is 11.1 Å². The van der Waals surface area contributed by atoms with Gasteiger partial charge in [-0.15, -0.1) is 0 Å². The molecule has 0 heterocycles. The molecule has 0 bridgehead atoms. The topological polar surface area (TPSA) is 38.0 Å². The molecular weight excluding hydrogens is 208 g/mol. The summed E-state index contributed by atoms with van der Waals surface area (Å²) in [4.78, 5) is 0. The van der Waals surface area contributed by atoms with Crippen LogP contribution >= 0.6 is 0 Å². The Morgan fingerprint density at radius 1 is 1.12 bits per heavy atom. The molecule has 0 saturated carbocycles. The highest BCUT2D eigenvalue weighted by Gasteiger charge is 2.11. The maximum Gasteiger partial charge on any atom is 0.0372 e. The van der Waals surface area contributed by atoms with Crippen molar-refractivity contribution < 1.29 is 0 Å². The van der Waals surface area contributed by atoms with Gasteiger partial charge in [-0.25, -0.2) is 0 Å². The summed E-state index contributed by atoms with van der Waals surface area (Å²) in [6.07, 6.45) is 0. The van der Waals surface area contributed by atoms with Crippen molar-refractivity contribution in [1.82, 2.24) is 0 Å². The molecule has 0 saturated heterocycles. The van der Waals surface area contributed by atoms with Crippen molar-refractivity contribution in [2.45, 2.75) is 34.6 Å². The number of hydrogen-bond donors (Lipinski definition) is 2. The summed E-state index contributed by atoms with van der Waals surface area (Å²) in [6.45, 7) is 12.7. The quantitative estimate of drug-likeness (QED) is 0.820. The molecule has 0 spiro atoms. The summed E-state index contributed by atoms with van der Waals surface area (Å²) in [5, 5.41) is 3.53. The minimum absolute atomic E-state index is 0.538. The molecule has 0 amide bonds. The molecule has 0 aliphatic heterocycles. The zero-order valence-electron chi connectivity index (χ0n) is 11.8. The van der Waals surface area contributed by atoms with Crippen LogP contribution in [0.4, 0.5) is 5.69 Å². The minimum atomic E-state index is 0.538. The summed E-state index contributed by atoms with van der Waals surface area (Å²) in [5.74, 6) is 1.16. The Balaban J connectivity index is 2.73. The second kappa shape index (κ2) is 6.06. The molecule has 0 aliphatic carbocycles. The van der Waals surface area contributed by atoms with Gasteiger partial charge in [0.1, 0.15) is 0 Å². The Hall–Kier alpha value is -1.02. The highest BCUT2D eigenvalue weighted by Crippen LogP contribution is 2.22. The minimum Gasteiger partial charge on any atom is -0.384 e. The Labute approximate surface area is 106 Å².